The number of hydrogen-bond donors (Lipinski definition) is 1. The van der Waals surface area contributed by atoms with E-state index in [1.807, 2.05) is 0 Å². The number of benzene rings is 1. The zero-order valence-corrected chi connectivity index (χ0v) is 12.1. The molecule has 1 saturated carbocycles. The van der Waals surface area contributed by atoms with Gasteiger partial charge in [0.2, 0.25) is 0 Å². The van der Waals surface area contributed by atoms with E-state index in [-0.39, 0.29) is 17.6 Å². The van der Waals surface area contributed by atoms with Crippen LogP contribution in [0.2, 0.25) is 5.02 Å². The predicted octanol–water partition coefficient (Wildman–Crippen LogP) is 1.63. The second kappa shape index (κ2) is 4.36. The van der Waals surface area contributed by atoms with Gasteiger partial charge in [0.15, 0.2) is 9.84 Å². The van der Waals surface area contributed by atoms with Gasteiger partial charge in [0.05, 0.1) is 21.9 Å². The Morgan fingerprint density at radius 3 is 2.45 bits per heavy atom. The summed E-state index contributed by atoms with van der Waals surface area (Å²) in [5, 5.41) is 9.55. The van der Waals surface area contributed by atoms with Gasteiger partial charge in [-0.2, -0.15) is 0 Å². The van der Waals surface area contributed by atoms with Crippen molar-refractivity contribution in [2.45, 2.75) is 24.4 Å². The first kappa shape index (κ1) is 13.7. The highest BCUT2D eigenvalue weighted by atomic mass is 35.5. The van der Waals surface area contributed by atoms with Gasteiger partial charge in [-0.3, -0.25) is 4.79 Å². The fourth-order valence-electron chi connectivity index (χ4n) is 2.41. The van der Waals surface area contributed by atoms with Crippen LogP contribution in [0.5, 0.6) is 5.75 Å². The molecule has 0 aromatic heterocycles. The second-order valence-electron chi connectivity index (χ2n) is 5.35. The Morgan fingerprint density at radius 1 is 1.35 bits per heavy atom. The number of rotatable bonds is 4. The molecule has 1 saturated heterocycles. The zero-order chi connectivity index (χ0) is 14.5. The first-order chi connectivity index (χ1) is 9.32. The fourth-order valence-corrected chi connectivity index (χ4v) is 3.81. The van der Waals surface area contributed by atoms with E-state index in [1.165, 1.54) is 0 Å². The quantitative estimate of drug-likeness (QED) is 0.913. The number of carbonyl (C=O) groups is 1. The average Bonchev–Trinajstić information content (AvgIpc) is 3.10. The summed E-state index contributed by atoms with van der Waals surface area (Å²) in [6, 6.07) is 4.91. The Bertz CT molecular complexity index is 666. The van der Waals surface area contributed by atoms with E-state index >= 15 is 0 Å². The van der Waals surface area contributed by atoms with Gasteiger partial charge in [-0.15, -0.1) is 0 Å². The van der Waals surface area contributed by atoms with Crippen molar-refractivity contribution in [3.05, 3.63) is 28.8 Å². The maximum absolute atomic E-state index is 11.2. The van der Waals surface area contributed by atoms with Crippen molar-refractivity contribution in [1.29, 1.82) is 0 Å². The average molecular weight is 317 g/mol. The van der Waals surface area contributed by atoms with E-state index in [1.54, 1.807) is 18.2 Å². The molecule has 1 aromatic carbocycles. The minimum absolute atomic E-state index is 0.00411. The smallest absolute Gasteiger partial charge is 0.314 e. The Morgan fingerprint density at radius 2 is 2.00 bits per heavy atom. The third-order valence-electron chi connectivity index (χ3n) is 3.82. The summed E-state index contributed by atoms with van der Waals surface area (Å²) in [5.74, 6) is -0.433. The monoisotopic (exact) mass is 316 g/mol. The molecule has 108 valence electrons. The van der Waals surface area contributed by atoms with Crippen LogP contribution < -0.4 is 4.74 Å². The van der Waals surface area contributed by atoms with Gasteiger partial charge in [-0.1, -0.05) is 17.7 Å². The van der Waals surface area contributed by atoms with Crippen LogP contribution in [0.25, 0.3) is 0 Å². The number of ether oxygens (including phenoxy) is 1. The van der Waals surface area contributed by atoms with Crippen LogP contribution in [0.15, 0.2) is 18.2 Å². The normalized spacial score (nSPS) is 22.9. The molecule has 20 heavy (non-hydrogen) atoms. The number of aliphatic carboxylic acids is 1. The Labute approximate surface area is 121 Å². The second-order valence-corrected chi connectivity index (χ2v) is 7.91. The summed E-state index contributed by atoms with van der Waals surface area (Å²) >= 11 is 6.10. The minimum Gasteiger partial charge on any atom is -0.487 e. The van der Waals surface area contributed by atoms with Crippen molar-refractivity contribution in [3.8, 4) is 5.75 Å². The van der Waals surface area contributed by atoms with Crippen LogP contribution in [-0.4, -0.2) is 37.1 Å². The summed E-state index contributed by atoms with van der Waals surface area (Å²) in [7, 11) is -2.94. The number of hydrogen-bond acceptors (Lipinski definition) is 4. The zero-order valence-electron chi connectivity index (χ0n) is 10.5. The third kappa shape index (κ3) is 2.27. The fraction of sp³-hybridized carbons (Fsp3) is 0.462. The maximum Gasteiger partial charge on any atom is 0.314 e. The van der Waals surface area contributed by atoms with E-state index < -0.39 is 21.2 Å². The number of carboxylic acid groups (broad SMARTS) is 1. The molecule has 1 heterocycles. The van der Waals surface area contributed by atoms with E-state index in [9.17, 15) is 18.3 Å². The van der Waals surface area contributed by atoms with E-state index in [0.717, 1.165) is 0 Å². The van der Waals surface area contributed by atoms with Crippen molar-refractivity contribution < 1.29 is 23.1 Å². The Hall–Kier alpha value is -1.27. The van der Waals surface area contributed by atoms with Crippen molar-refractivity contribution >= 4 is 27.4 Å². The lowest BCUT2D eigenvalue weighted by molar-refractivity contribution is -0.140. The lowest BCUT2D eigenvalue weighted by atomic mass is 9.96. The van der Waals surface area contributed by atoms with Crippen LogP contribution in [0, 0.1) is 0 Å². The molecule has 1 N–H and O–H groups in total. The molecule has 1 aromatic rings. The topological polar surface area (TPSA) is 80.7 Å². The van der Waals surface area contributed by atoms with Crippen molar-refractivity contribution in [3.63, 3.8) is 0 Å². The molecular formula is C13H13ClO5S. The number of sulfone groups is 1. The molecule has 3 rings (SSSR count). The Balaban J connectivity index is 1.77. The van der Waals surface area contributed by atoms with E-state index in [2.05, 4.69) is 0 Å². The number of carboxylic acids is 1. The molecule has 2 fully saturated rings. The van der Waals surface area contributed by atoms with Gasteiger partial charge in [0.25, 0.3) is 0 Å². The highest BCUT2D eigenvalue weighted by Crippen LogP contribution is 2.49. The molecular weight excluding hydrogens is 304 g/mol. The molecule has 5 nitrogen and oxygen atoms in total. The highest BCUT2D eigenvalue weighted by molar-refractivity contribution is 7.92. The van der Waals surface area contributed by atoms with Gasteiger partial charge in [0, 0.05) is 0 Å². The van der Waals surface area contributed by atoms with Crippen LogP contribution in [0.1, 0.15) is 18.4 Å². The molecule has 0 spiro atoms. The van der Waals surface area contributed by atoms with Crippen LogP contribution >= 0.6 is 11.6 Å². The predicted molar refractivity (Wildman–Crippen MR) is 73.1 cm³/mol. The van der Waals surface area contributed by atoms with Gasteiger partial charge >= 0.3 is 5.97 Å². The molecule has 1 aliphatic heterocycles. The molecule has 2 aliphatic rings. The van der Waals surface area contributed by atoms with Crippen molar-refractivity contribution in [2.24, 2.45) is 0 Å². The molecule has 7 heteroatoms. The van der Waals surface area contributed by atoms with Gasteiger partial charge < -0.3 is 9.84 Å². The summed E-state index contributed by atoms with van der Waals surface area (Å²) < 4.78 is 27.6. The van der Waals surface area contributed by atoms with Crippen LogP contribution in [0.4, 0.5) is 0 Å². The minimum atomic E-state index is -2.94. The van der Waals surface area contributed by atoms with Gasteiger partial charge in [-0.05, 0) is 30.5 Å². The standard InChI is InChI=1S/C13H13ClO5S/c14-10-5-8(13(3-4-13)12(15)16)1-2-11(10)19-9-6-20(17,18)7-9/h1-2,5,9H,3-4,6-7H2,(H,15,16). The summed E-state index contributed by atoms with van der Waals surface area (Å²) in [6.45, 7) is 0. The van der Waals surface area contributed by atoms with Crippen LogP contribution in [0.3, 0.4) is 0 Å². The number of halogens is 1. The third-order valence-corrected chi connectivity index (χ3v) is 5.87. The largest absolute Gasteiger partial charge is 0.487 e. The molecule has 1 aliphatic carbocycles. The highest BCUT2D eigenvalue weighted by Gasteiger charge is 2.51. The van der Waals surface area contributed by atoms with Crippen molar-refractivity contribution in [2.75, 3.05) is 11.5 Å². The van der Waals surface area contributed by atoms with Crippen LogP contribution in [-0.2, 0) is 20.0 Å². The Kier molecular flexibility index (Phi) is 2.99. The van der Waals surface area contributed by atoms with Gasteiger partial charge in [-0.25, -0.2) is 8.42 Å². The van der Waals surface area contributed by atoms with E-state index in [4.69, 9.17) is 16.3 Å². The SMILES string of the molecule is O=C(O)C1(c2ccc(OC3CS(=O)(=O)C3)c(Cl)c2)CC1. The van der Waals surface area contributed by atoms with Crippen molar-refractivity contribution in [1.82, 2.24) is 0 Å². The first-order valence-corrected chi connectivity index (χ1v) is 8.43. The summed E-state index contributed by atoms with van der Waals surface area (Å²) in [4.78, 5) is 11.2. The first-order valence-electron chi connectivity index (χ1n) is 6.23. The molecule has 0 radical (unpaired) electrons. The lowest BCUT2D eigenvalue weighted by Gasteiger charge is -2.27. The molecule has 0 unspecified atom stereocenters. The van der Waals surface area contributed by atoms with Gasteiger partial charge in [0.1, 0.15) is 11.9 Å². The molecule has 0 atom stereocenters. The molecule has 0 bridgehead atoms. The summed E-state index contributed by atoms with van der Waals surface area (Å²) in [5.41, 5.74) is -0.134. The summed E-state index contributed by atoms with van der Waals surface area (Å²) in [6.07, 6.45) is 0.858. The van der Waals surface area contributed by atoms with E-state index in [0.29, 0.717) is 29.2 Å². The maximum atomic E-state index is 11.2. The lowest BCUT2D eigenvalue weighted by Crippen LogP contribution is -2.45. The molecule has 0 amide bonds.